The minimum absolute atomic E-state index is 0.0466. The maximum Gasteiger partial charge on any atom is 0.234 e. The minimum Gasteiger partial charge on any atom is -0.495 e. The number of carbonyl (C=O) groups excluding carboxylic acids is 1. The van der Waals surface area contributed by atoms with Gasteiger partial charge < -0.3 is 15.0 Å². The third-order valence-electron chi connectivity index (χ3n) is 6.18. The number of para-hydroxylation sites is 3. The summed E-state index contributed by atoms with van der Waals surface area (Å²) in [4.78, 5) is 15.3. The summed E-state index contributed by atoms with van der Waals surface area (Å²) in [7, 11) is 1.67. The van der Waals surface area contributed by atoms with Crippen molar-refractivity contribution in [2.75, 3.05) is 36.2 Å². The molecule has 0 aliphatic carbocycles. The average molecular weight is 480 g/mol. The SMILES string of the molecule is CCc1cccc(CC)c1NC(=O)CSc1nnc(N2CCCCC2)n1-c1ccccc1OC. The number of hydrogen-bond donors (Lipinski definition) is 1. The lowest BCUT2D eigenvalue weighted by atomic mass is 10.0. The Balaban J connectivity index is 1.59. The molecule has 1 aromatic heterocycles. The fraction of sp³-hybridized carbons (Fsp3) is 0.423. The van der Waals surface area contributed by atoms with Gasteiger partial charge in [-0.3, -0.25) is 9.36 Å². The Hall–Kier alpha value is -3.00. The Morgan fingerprint density at radius 3 is 2.38 bits per heavy atom. The second-order valence-electron chi connectivity index (χ2n) is 8.33. The summed E-state index contributed by atoms with van der Waals surface area (Å²) in [5.74, 6) is 1.75. The van der Waals surface area contributed by atoms with Crippen LogP contribution in [-0.4, -0.2) is 46.6 Å². The third kappa shape index (κ3) is 5.22. The molecule has 1 fully saturated rings. The van der Waals surface area contributed by atoms with E-state index in [9.17, 15) is 4.79 Å². The van der Waals surface area contributed by atoms with Crippen molar-refractivity contribution < 1.29 is 9.53 Å². The van der Waals surface area contributed by atoms with Crippen LogP contribution in [0.5, 0.6) is 5.75 Å². The van der Waals surface area contributed by atoms with Gasteiger partial charge in [0.2, 0.25) is 11.9 Å². The van der Waals surface area contributed by atoms with E-state index in [1.54, 1.807) is 7.11 Å². The summed E-state index contributed by atoms with van der Waals surface area (Å²) in [5, 5.41) is 12.9. The van der Waals surface area contributed by atoms with Gasteiger partial charge in [0.1, 0.15) is 5.75 Å². The quantitative estimate of drug-likeness (QED) is 0.430. The van der Waals surface area contributed by atoms with Gasteiger partial charge in [0, 0.05) is 18.8 Å². The monoisotopic (exact) mass is 479 g/mol. The van der Waals surface area contributed by atoms with Crippen molar-refractivity contribution in [3.8, 4) is 11.4 Å². The predicted molar refractivity (Wildman–Crippen MR) is 139 cm³/mol. The first-order valence-corrected chi connectivity index (χ1v) is 13.0. The Morgan fingerprint density at radius 1 is 1.00 bits per heavy atom. The highest BCUT2D eigenvalue weighted by Crippen LogP contribution is 2.33. The summed E-state index contributed by atoms with van der Waals surface area (Å²) in [6, 6.07) is 14.1. The molecule has 0 radical (unpaired) electrons. The first-order valence-electron chi connectivity index (χ1n) is 12.0. The number of rotatable bonds is 9. The van der Waals surface area contributed by atoms with Gasteiger partial charge in [0.25, 0.3) is 0 Å². The number of ether oxygens (including phenoxy) is 1. The van der Waals surface area contributed by atoms with Crippen LogP contribution in [0.1, 0.15) is 44.2 Å². The standard InChI is InChI=1S/C26H33N5O2S/c1-4-19-12-11-13-20(5-2)24(19)27-23(32)18-34-26-29-28-25(30-16-9-6-10-17-30)31(26)21-14-7-8-15-22(21)33-3/h7-8,11-15H,4-6,9-10,16-18H2,1-3H3,(H,27,32). The van der Waals surface area contributed by atoms with E-state index in [1.165, 1.54) is 18.2 Å². The molecule has 1 aliphatic heterocycles. The Labute approximate surface area is 205 Å². The van der Waals surface area contributed by atoms with Crippen LogP contribution in [0.25, 0.3) is 5.69 Å². The number of piperidine rings is 1. The van der Waals surface area contributed by atoms with E-state index in [1.807, 2.05) is 28.8 Å². The van der Waals surface area contributed by atoms with Crippen LogP contribution in [0, 0.1) is 0 Å². The van der Waals surface area contributed by atoms with Crippen molar-refractivity contribution in [2.45, 2.75) is 51.1 Å². The minimum atomic E-state index is -0.0466. The fourth-order valence-corrected chi connectivity index (χ4v) is 5.13. The normalized spacial score (nSPS) is 13.7. The first-order chi connectivity index (χ1) is 16.7. The number of carbonyl (C=O) groups is 1. The van der Waals surface area contributed by atoms with Crippen LogP contribution in [0.4, 0.5) is 11.6 Å². The van der Waals surface area contributed by atoms with E-state index in [0.29, 0.717) is 5.16 Å². The molecule has 34 heavy (non-hydrogen) atoms. The Morgan fingerprint density at radius 2 is 1.71 bits per heavy atom. The van der Waals surface area contributed by atoms with E-state index >= 15 is 0 Å². The number of methoxy groups -OCH3 is 1. The van der Waals surface area contributed by atoms with Crippen molar-refractivity contribution in [1.29, 1.82) is 0 Å². The molecule has 1 amide bonds. The maximum atomic E-state index is 13.0. The molecule has 1 aliphatic rings. The smallest absolute Gasteiger partial charge is 0.234 e. The molecule has 7 nitrogen and oxygen atoms in total. The summed E-state index contributed by atoms with van der Waals surface area (Å²) < 4.78 is 7.67. The highest BCUT2D eigenvalue weighted by Gasteiger charge is 2.24. The molecule has 180 valence electrons. The molecule has 8 heteroatoms. The molecular weight excluding hydrogens is 446 g/mol. The van der Waals surface area contributed by atoms with Gasteiger partial charge in [-0.15, -0.1) is 10.2 Å². The van der Waals surface area contributed by atoms with Crippen molar-refractivity contribution in [1.82, 2.24) is 14.8 Å². The zero-order chi connectivity index (χ0) is 23.9. The van der Waals surface area contributed by atoms with Crippen molar-refractivity contribution in [3.63, 3.8) is 0 Å². The van der Waals surface area contributed by atoms with Crippen molar-refractivity contribution in [3.05, 3.63) is 53.6 Å². The molecule has 0 bridgehead atoms. The zero-order valence-electron chi connectivity index (χ0n) is 20.2. The molecule has 1 N–H and O–H groups in total. The Kier molecular flexibility index (Phi) is 8.11. The zero-order valence-corrected chi connectivity index (χ0v) is 21.0. The molecule has 0 atom stereocenters. The lowest BCUT2D eigenvalue weighted by molar-refractivity contribution is -0.113. The van der Waals surface area contributed by atoms with E-state index < -0.39 is 0 Å². The van der Waals surface area contributed by atoms with Crippen LogP contribution >= 0.6 is 11.8 Å². The highest BCUT2D eigenvalue weighted by atomic mass is 32.2. The van der Waals surface area contributed by atoms with Crippen LogP contribution in [0.15, 0.2) is 47.6 Å². The number of hydrogen-bond acceptors (Lipinski definition) is 6. The van der Waals surface area contributed by atoms with E-state index in [2.05, 4.69) is 52.5 Å². The van der Waals surface area contributed by atoms with E-state index in [4.69, 9.17) is 4.74 Å². The number of amides is 1. The number of anilines is 2. The number of nitrogens with one attached hydrogen (secondary N) is 1. The second-order valence-corrected chi connectivity index (χ2v) is 9.28. The van der Waals surface area contributed by atoms with Crippen molar-refractivity contribution in [2.24, 2.45) is 0 Å². The van der Waals surface area contributed by atoms with Crippen LogP contribution in [-0.2, 0) is 17.6 Å². The third-order valence-corrected chi connectivity index (χ3v) is 7.11. The van der Waals surface area contributed by atoms with E-state index in [0.717, 1.165) is 73.0 Å². The average Bonchev–Trinajstić information content (AvgIpc) is 3.31. The molecule has 0 saturated carbocycles. The van der Waals surface area contributed by atoms with Crippen LogP contribution in [0.2, 0.25) is 0 Å². The van der Waals surface area contributed by atoms with Gasteiger partial charge >= 0.3 is 0 Å². The van der Waals surface area contributed by atoms with Crippen LogP contribution in [0.3, 0.4) is 0 Å². The molecule has 0 spiro atoms. The number of aromatic nitrogens is 3. The second kappa shape index (κ2) is 11.4. The summed E-state index contributed by atoms with van der Waals surface area (Å²) in [5.41, 5.74) is 4.13. The van der Waals surface area contributed by atoms with Gasteiger partial charge in [-0.25, -0.2) is 0 Å². The molecule has 3 aromatic rings. The summed E-state index contributed by atoms with van der Waals surface area (Å²) in [6.07, 6.45) is 5.26. The topological polar surface area (TPSA) is 72.3 Å². The lowest BCUT2D eigenvalue weighted by Gasteiger charge is -2.28. The van der Waals surface area contributed by atoms with Gasteiger partial charge in [0.15, 0.2) is 5.16 Å². The molecule has 4 rings (SSSR count). The van der Waals surface area contributed by atoms with Gasteiger partial charge in [-0.2, -0.15) is 0 Å². The van der Waals surface area contributed by atoms with Gasteiger partial charge in [-0.05, 0) is 55.4 Å². The lowest BCUT2D eigenvalue weighted by Crippen LogP contribution is -2.31. The largest absolute Gasteiger partial charge is 0.495 e. The molecule has 1 saturated heterocycles. The van der Waals surface area contributed by atoms with Gasteiger partial charge in [0.05, 0.1) is 18.6 Å². The van der Waals surface area contributed by atoms with Crippen molar-refractivity contribution >= 4 is 29.3 Å². The predicted octanol–water partition coefficient (Wildman–Crippen LogP) is 5.12. The maximum absolute atomic E-state index is 13.0. The van der Waals surface area contributed by atoms with Gasteiger partial charge in [-0.1, -0.05) is 55.9 Å². The number of nitrogens with zero attached hydrogens (tertiary/aromatic N) is 4. The first kappa shape index (κ1) is 24.1. The molecule has 2 heterocycles. The van der Waals surface area contributed by atoms with E-state index in [-0.39, 0.29) is 11.7 Å². The summed E-state index contributed by atoms with van der Waals surface area (Å²) in [6.45, 7) is 6.12. The number of thioether (sulfide) groups is 1. The highest BCUT2D eigenvalue weighted by molar-refractivity contribution is 7.99. The number of benzene rings is 2. The molecule has 0 unspecified atom stereocenters. The fourth-order valence-electron chi connectivity index (χ4n) is 4.39. The van der Waals surface area contributed by atoms with Crippen LogP contribution < -0.4 is 15.0 Å². The number of aryl methyl sites for hydroxylation is 2. The molecular formula is C26H33N5O2S. The summed E-state index contributed by atoms with van der Waals surface area (Å²) >= 11 is 1.40. The molecule has 2 aromatic carbocycles. The Bertz CT molecular complexity index is 1100.